The molecule has 0 fully saturated rings. The number of ether oxygens (including phenoxy) is 1. The molecular formula is C10H12FNO5S. The molecule has 0 unspecified atom stereocenters. The largest absolute Gasteiger partial charge is 0.488 e. The molecule has 0 spiro atoms. The molecule has 18 heavy (non-hydrogen) atoms. The van der Waals surface area contributed by atoms with E-state index >= 15 is 0 Å². The maximum absolute atomic E-state index is 12.4. The Morgan fingerprint density at radius 1 is 1.33 bits per heavy atom. The van der Waals surface area contributed by atoms with Crippen LogP contribution in [0.3, 0.4) is 0 Å². The van der Waals surface area contributed by atoms with Crippen LogP contribution in [0, 0.1) is 0 Å². The maximum atomic E-state index is 12.4. The Labute approximate surface area is 104 Å². The second-order valence-electron chi connectivity index (χ2n) is 3.54. The van der Waals surface area contributed by atoms with Crippen LogP contribution in [0.15, 0.2) is 18.2 Å². The Morgan fingerprint density at radius 3 is 2.39 bits per heavy atom. The Hall–Kier alpha value is -1.83. The molecule has 0 saturated carbocycles. The highest BCUT2D eigenvalue weighted by Crippen LogP contribution is 2.25. The van der Waals surface area contributed by atoms with Crippen molar-refractivity contribution in [1.29, 1.82) is 0 Å². The Morgan fingerprint density at radius 2 is 1.94 bits per heavy atom. The van der Waals surface area contributed by atoms with E-state index in [0.717, 1.165) is 6.07 Å². The second kappa shape index (κ2) is 5.21. The van der Waals surface area contributed by atoms with Crippen LogP contribution in [0.4, 0.5) is 9.57 Å². The maximum Gasteiger partial charge on any atom is 0.488 e. The molecule has 0 radical (unpaired) electrons. The van der Waals surface area contributed by atoms with Crippen LogP contribution in [0.1, 0.15) is 10.4 Å². The summed E-state index contributed by atoms with van der Waals surface area (Å²) in [6.07, 6.45) is 0. The summed E-state index contributed by atoms with van der Waals surface area (Å²) < 4.78 is 41.7. The molecule has 0 heterocycles. The molecule has 8 heteroatoms. The minimum absolute atomic E-state index is 0.0728. The average molecular weight is 277 g/mol. The monoisotopic (exact) mass is 277 g/mol. The van der Waals surface area contributed by atoms with Crippen molar-refractivity contribution in [3.63, 3.8) is 0 Å². The normalized spacial score (nSPS) is 10.9. The SMILES string of the molecule is COC(=O)c1cc(OS(=O)(=O)F)ccc1N(C)C. The van der Waals surface area contributed by atoms with Crippen molar-refractivity contribution in [3.8, 4) is 5.75 Å². The van der Waals surface area contributed by atoms with Crippen LogP contribution < -0.4 is 9.08 Å². The van der Waals surface area contributed by atoms with Gasteiger partial charge in [0.05, 0.1) is 18.4 Å². The molecule has 0 amide bonds. The molecule has 0 aliphatic heterocycles. The first kappa shape index (κ1) is 14.2. The molecule has 6 nitrogen and oxygen atoms in total. The zero-order chi connectivity index (χ0) is 13.9. The van der Waals surface area contributed by atoms with Crippen molar-refractivity contribution in [2.24, 2.45) is 0 Å². The van der Waals surface area contributed by atoms with Crippen LogP contribution in [0.25, 0.3) is 0 Å². The molecule has 0 aliphatic carbocycles. The van der Waals surface area contributed by atoms with Gasteiger partial charge in [-0.15, -0.1) is 0 Å². The molecule has 100 valence electrons. The number of hydrogen-bond donors (Lipinski definition) is 0. The molecule has 1 aromatic rings. The first-order valence-corrected chi connectivity index (χ1v) is 6.09. The smallest absolute Gasteiger partial charge is 0.465 e. The third kappa shape index (κ3) is 3.59. The van der Waals surface area contributed by atoms with E-state index in [1.165, 1.54) is 19.2 Å². The number of benzene rings is 1. The first-order valence-electron chi connectivity index (χ1n) is 4.78. The number of carbonyl (C=O) groups is 1. The predicted molar refractivity (Wildman–Crippen MR) is 62.8 cm³/mol. The highest BCUT2D eigenvalue weighted by atomic mass is 32.3. The first-order chi connectivity index (χ1) is 8.24. The Bertz CT molecular complexity index is 555. The molecule has 0 N–H and O–H groups in total. The van der Waals surface area contributed by atoms with Crippen molar-refractivity contribution in [2.45, 2.75) is 0 Å². The lowest BCUT2D eigenvalue weighted by atomic mass is 10.1. The molecule has 1 aromatic carbocycles. The highest BCUT2D eigenvalue weighted by molar-refractivity contribution is 7.81. The minimum atomic E-state index is -5.13. The van der Waals surface area contributed by atoms with Crippen LogP contribution in [-0.2, 0) is 15.2 Å². The fourth-order valence-corrected chi connectivity index (χ4v) is 1.68. The van der Waals surface area contributed by atoms with E-state index < -0.39 is 16.5 Å². The van der Waals surface area contributed by atoms with Gasteiger partial charge in [-0.1, -0.05) is 3.89 Å². The summed E-state index contributed by atoms with van der Waals surface area (Å²) in [5.74, 6) is -0.982. The van der Waals surface area contributed by atoms with Gasteiger partial charge in [0.2, 0.25) is 0 Å². The van der Waals surface area contributed by atoms with Gasteiger partial charge in [-0.3, -0.25) is 0 Å². The number of anilines is 1. The van der Waals surface area contributed by atoms with Crippen LogP contribution in [0.5, 0.6) is 5.75 Å². The number of carbonyl (C=O) groups excluding carboxylic acids is 1. The lowest BCUT2D eigenvalue weighted by Crippen LogP contribution is -2.15. The average Bonchev–Trinajstić information content (AvgIpc) is 2.25. The number of methoxy groups -OCH3 is 1. The number of halogens is 1. The fraction of sp³-hybridized carbons (Fsp3) is 0.300. The van der Waals surface area contributed by atoms with Gasteiger partial charge in [0.15, 0.2) is 0 Å². The number of esters is 1. The second-order valence-corrected chi connectivity index (χ2v) is 4.49. The quantitative estimate of drug-likeness (QED) is 0.607. The Balaban J connectivity index is 3.25. The van der Waals surface area contributed by atoms with Gasteiger partial charge in [0.25, 0.3) is 0 Å². The van der Waals surface area contributed by atoms with Gasteiger partial charge >= 0.3 is 16.5 Å². The van der Waals surface area contributed by atoms with Gasteiger partial charge in [-0.25, -0.2) is 4.79 Å². The predicted octanol–water partition coefficient (Wildman–Crippen LogP) is 1.13. The van der Waals surface area contributed by atoms with E-state index in [4.69, 9.17) is 0 Å². The summed E-state index contributed by atoms with van der Waals surface area (Å²) in [6.45, 7) is 0. The van der Waals surface area contributed by atoms with Gasteiger partial charge in [0.1, 0.15) is 5.75 Å². The summed E-state index contributed by atoms with van der Waals surface area (Å²) in [4.78, 5) is 13.1. The molecule has 0 atom stereocenters. The van der Waals surface area contributed by atoms with Gasteiger partial charge < -0.3 is 13.8 Å². The molecule has 0 saturated heterocycles. The van der Waals surface area contributed by atoms with Crippen LogP contribution in [-0.4, -0.2) is 35.6 Å². The third-order valence-corrected chi connectivity index (χ3v) is 2.44. The van der Waals surface area contributed by atoms with Gasteiger partial charge in [-0.2, -0.15) is 8.42 Å². The zero-order valence-corrected chi connectivity index (χ0v) is 10.8. The van der Waals surface area contributed by atoms with Crippen molar-refractivity contribution in [1.82, 2.24) is 0 Å². The van der Waals surface area contributed by atoms with E-state index in [9.17, 15) is 17.1 Å². The van der Waals surface area contributed by atoms with Gasteiger partial charge in [0, 0.05) is 14.1 Å². The summed E-state index contributed by atoms with van der Waals surface area (Å²) in [5.41, 5.74) is 0.564. The lowest BCUT2D eigenvalue weighted by molar-refractivity contribution is 0.0601. The summed E-state index contributed by atoms with van der Waals surface area (Å²) >= 11 is 0. The highest BCUT2D eigenvalue weighted by Gasteiger charge is 2.17. The molecule has 0 aliphatic rings. The summed E-state index contributed by atoms with van der Waals surface area (Å²) in [7, 11) is -0.566. The number of hydrogen-bond acceptors (Lipinski definition) is 6. The van der Waals surface area contributed by atoms with Crippen molar-refractivity contribution >= 4 is 22.2 Å². The van der Waals surface area contributed by atoms with E-state index in [1.807, 2.05) is 0 Å². The Kier molecular flexibility index (Phi) is 4.12. The standard InChI is InChI=1S/C10H12FNO5S/c1-12(2)9-5-4-7(17-18(11,14)15)6-8(9)10(13)16-3/h4-6H,1-3H3. The zero-order valence-electron chi connectivity index (χ0n) is 10.0. The van der Waals surface area contributed by atoms with Crippen molar-refractivity contribution < 1.29 is 26.0 Å². The number of rotatable bonds is 4. The van der Waals surface area contributed by atoms with Crippen LogP contribution in [0.2, 0.25) is 0 Å². The molecule has 1 rings (SSSR count). The van der Waals surface area contributed by atoms with E-state index in [0.29, 0.717) is 5.69 Å². The van der Waals surface area contributed by atoms with Crippen molar-refractivity contribution in [2.75, 3.05) is 26.1 Å². The number of nitrogens with zero attached hydrogens (tertiary/aromatic N) is 1. The topological polar surface area (TPSA) is 72.9 Å². The minimum Gasteiger partial charge on any atom is -0.465 e. The summed E-state index contributed by atoms with van der Waals surface area (Å²) in [5, 5.41) is 0. The molecule has 0 bridgehead atoms. The third-order valence-electron chi connectivity index (χ3n) is 2.05. The van der Waals surface area contributed by atoms with Gasteiger partial charge in [-0.05, 0) is 18.2 Å². The fourth-order valence-electron chi connectivity index (χ4n) is 1.35. The van der Waals surface area contributed by atoms with Crippen LogP contribution >= 0.6 is 0 Å². The molecular weight excluding hydrogens is 265 g/mol. The molecule has 0 aromatic heterocycles. The summed E-state index contributed by atoms with van der Waals surface area (Å²) in [6, 6.07) is 3.75. The lowest BCUT2D eigenvalue weighted by Gasteiger charge is -2.16. The van der Waals surface area contributed by atoms with Crippen molar-refractivity contribution in [3.05, 3.63) is 23.8 Å². The van der Waals surface area contributed by atoms with E-state index in [-0.39, 0.29) is 11.3 Å². The van der Waals surface area contributed by atoms with E-state index in [1.54, 1.807) is 19.0 Å². The van der Waals surface area contributed by atoms with E-state index in [2.05, 4.69) is 8.92 Å².